The number of carbonyl (C=O) groups excluding carboxylic acids is 6. The molecule has 0 saturated carbocycles. The maximum Gasteiger partial charge on any atom is 3.00 e. The molecule has 0 aromatic rings. The minimum atomic E-state index is -1.19. The average Bonchev–Trinajstić information content (AvgIpc) is 3.30. The molecule has 0 unspecified atom stereocenters. The van der Waals surface area contributed by atoms with Gasteiger partial charge in [0.25, 0.3) is 0 Å². The quantitative estimate of drug-likeness (QED) is 0.356. The maximum absolute atomic E-state index is 10.4. The van der Waals surface area contributed by atoms with Gasteiger partial charge in [0, 0.05) is 19.3 Å². The van der Waals surface area contributed by atoms with Crippen LogP contribution in [0.4, 0.5) is 0 Å². The molecule has 28 heavy (non-hydrogen) atoms. The van der Waals surface area contributed by atoms with Crippen molar-refractivity contribution in [1.29, 1.82) is 0 Å². The Hall–Kier alpha value is -2.66. The van der Waals surface area contributed by atoms with Crippen molar-refractivity contribution in [2.45, 2.75) is 56.7 Å². The van der Waals surface area contributed by atoms with Crippen molar-refractivity contribution in [3.63, 3.8) is 0 Å². The summed E-state index contributed by atoms with van der Waals surface area (Å²) >= 11 is 0. The predicted octanol–water partition coefficient (Wildman–Crippen LogP) is -5.96. The van der Waals surface area contributed by atoms with Crippen LogP contribution in [0.5, 0.6) is 0 Å². The van der Waals surface area contributed by atoms with Crippen LogP contribution in [0.2, 0.25) is 0 Å². The van der Waals surface area contributed by atoms with Crippen LogP contribution in [-0.2, 0) is 45.8 Å². The molecule has 3 aliphatic rings. The standard InChI is InChI=1S/3C5H7NO3.Fe/c3*7-4-2-1-3(6-4)5(8)9;/h3*3H,1-2H2,(H,6,7)(H,8,9);/q;;;+3/p-3/t3*3-;/m000./s1. The molecule has 3 aliphatic heterocycles. The van der Waals surface area contributed by atoms with Gasteiger partial charge < -0.3 is 45.7 Å². The Labute approximate surface area is 169 Å². The first-order chi connectivity index (χ1) is 12.6. The molecule has 0 bridgehead atoms. The first-order valence-corrected chi connectivity index (χ1v) is 8.10. The number of rotatable bonds is 3. The fraction of sp³-hybridized carbons (Fsp3) is 0.600. The fourth-order valence-electron chi connectivity index (χ4n) is 2.37. The smallest absolute Gasteiger partial charge is 0.548 e. The molecule has 12 nitrogen and oxygen atoms in total. The Morgan fingerprint density at radius 2 is 0.821 bits per heavy atom. The molecule has 3 amide bonds. The van der Waals surface area contributed by atoms with Gasteiger partial charge in [0.1, 0.15) is 0 Å². The summed E-state index contributed by atoms with van der Waals surface area (Å²) in [5, 5.41) is 36.8. The number of carboxylic acid groups (broad SMARTS) is 3. The molecule has 0 aromatic carbocycles. The molecular weight excluding hydrogens is 422 g/mol. The number of carbonyl (C=O) groups is 6. The molecule has 3 heterocycles. The van der Waals surface area contributed by atoms with Gasteiger partial charge in [-0.3, -0.25) is 14.4 Å². The molecule has 3 saturated heterocycles. The number of hydrogen-bond donors (Lipinski definition) is 3. The number of aliphatic carboxylic acids is 3. The van der Waals surface area contributed by atoms with Gasteiger partial charge >= 0.3 is 17.1 Å². The van der Waals surface area contributed by atoms with E-state index in [2.05, 4.69) is 16.0 Å². The largest absolute Gasteiger partial charge is 3.00 e. The van der Waals surface area contributed by atoms with Crippen molar-refractivity contribution in [2.24, 2.45) is 0 Å². The summed E-state index contributed by atoms with van der Waals surface area (Å²) in [7, 11) is 0. The van der Waals surface area contributed by atoms with Crippen LogP contribution in [-0.4, -0.2) is 53.8 Å². The van der Waals surface area contributed by atoms with Gasteiger partial charge in [-0.05, 0) is 19.3 Å². The van der Waals surface area contributed by atoms with E-state index >= 15 is 0 Å². The summed E-state index contributed by atoms with van der Waals surface area (Å²) in [6.45, 7) is 0. The second kappa shape index (κ2) is 11.9. The van der Waals surface area contributed by atoms with Gasteiger partial charge in [-0.2, -0.15) is 0 Å². The number of carboxylic acids is 3. The Bertz CT molecular complexity index is 555. The molecule has 155 valence electrons. The molecule has 13 heteroatoms. The molecule has 3 atom stereocenters. The van der Waals surface area contributed by atoms with Gasteiger partial charge in [-0.15, -0.1) is 0 Å². The summed E-state index contributed by atoms with van der Waals surface area (Å²) in [5.41, 5.74) is 0. The van der Waals surface area contributed by atoms with Crippen molar-refractivity contribution in [2.75, 3.05) is 0 Å². The van der Waals surface area contributed by atoms with Crippen molar-refractivity contribution in [3.8, 4) is 0 Å². The van der Waals surface area contributed by atoms with E-state index in [1.54, 1.807) is 0 Å². The van der Waals surface area contributed by atoms with Gasteiger partial charge in [0.15, 0.2) is 0 Å². The van der Waals surface area contributed by atoms with E-state index in [9.17, 15) is 44.1 Å². The first-order valence-electron chi connectivity index (χ1n) is 8.10. The zero-order chi connectivity index (χ0) is 20.6. The zero-order valence-electron chi connectivity index (χ0n) is 14.5. The number of amides is 3. The summed E-state index contributed by atoms with van der Waals surface area (Å²) in [6, 6.07) is -2.26. The average molecular weight is 440 g/mol. The minimum Gasteiger partial charge on any atom is -0.548 e. The van der Waals surface area contributed by atoms with Crippen LogP contribution >= 0.6 is 0 Å². The van der Waals surface area contributed by atoms with Crippen LogP contribution < -0.4 is 31.3 Å². The SMILES string of the molecule is O=C1CC[C@@H](C(=O)[O-])N1.O=C1CC[C@@H](C(=O)[O-])N1.O=C1CC[C@@H](C(=O)[O-])N1.[Fe+3]. The van der Waals surface area contributed by atoms with Gasteiger partial charge in [0.2, 0.25) is 17.7 Å². The molecule has 3 fully saturated rings. The van der Waals surface area contributed by atoms with Crippen LogP contribution in [0.1, 0.15) is 38.5 Å². The number of nitrogens with one attached hydrogen (secondary N) is 3. The minimum absolute atomic E-state index is 0. The van der Waals surface area contributed by atoms with E-state index in [0.717, 1.165) is 0 Å². The summed E-state index contributed by atoms with van der Waals surface area (Å²) in [6.07, 6.45) is 2.00. The Kier molecular flexibility index (Phi) is 10.8. The summed E-state index contributed by atoms with van der Waals surface area (Å²) in [4.78, 5) is 61.1. The summed E-state index contributed by atoms with van der Waals surface area (Å²) in [5.74, 6) is -4.19. The molecule has 0 aromatic heterocycles. The van der Waals surface area contributed by atoms with E-state index in [1.807, 2.05) is 0 Å². The molecule has 0 spiro atoms. The molecule has 3 N–H and O–H groups in total. The zero-order valence-corrected chi connectivity index (χ0v) is 15.6. The van der Waals surface area contributed by atoms with E-state index < -0.39 is 36.0 Å². The van der Waals surface area contributed by atoms with Crippen LogP contribution in [0, 0.1) is 0 Å². The van der Waals surface area contributed by atoms with Gasteiger partial charge in [-0.1, -0.05) is 0 Å². The normalized spacial score (nSPS) is 24.9. The second-order valence-corrected chi connectivity index (χ2v) is 5.93. The third-order valence-electron chi connectivity index (χ3n) is 3.84. The molecule has 0 aliphatic carbocycles. The summed E-state index contributed by atoms with van der Waals surface area (Å²) < 4.78 is 0. The Balaban J connectivity index is 0.000000384. The third kappa shape index (κ3) is 8.82. The maximum atomic E-state index is 10.4. The Morgan fingerprint density at radius 1 is 0.607 bits per heavy atom. The van der Waals surface area contributed by atoms with Crippen molar-refractivity contribution >= 4 is 35.6 Å². The first kappa shape index (κ1) is 25.3. The van der Waals surface area contributed by atoms with Crippen molar-refractivity contribution in [3.05, 3.63) is 0 Å². The van der Waals surface area contributed by atoms with E-state index in [4.69, 9.17) is 0 Å². The van der Waals surface area contributed by atoms with Crippen molar-refractivity contribution < 1.29 is 61.2 Å². The Morgan fingerprint density at radius 3 is 0.893 bits per heavy atom. The second-order valence-electron chi connectivity index (χ2n) is 5.93. The van der Waals surface area contributed by atoms with Crippen molar-refractivity contribution in [1.82, 2.24) is 16.0 Å². The van der Waals surface area contributed by atoms with E-state index in [0.29, 0.717) is 38.5 Å². The molecule has 3 rings (SSSR count). The monoisotopic (exact) mass is 440 g/mol. The predicted molar refractivity (Wildman–Crippen MR) is 78.5 cm³/mol. The fourth-order valence-corrected chi connectivity index (χ4v) is 2.37. The molecule has 1 radical (unpaired) electrons. The third-order valence-corrected chi connectivity index (χ3v) is 3.84. The molecular formula is C15H18FeN3O9. The van der Waals surface area contributed by atoms with Crippen LogP contribution in [0.25, 0.3) is 0 Å². The topological polar surface area (TPSA) is 208 Å². The van der Waals surface area contributed by atoms with Gasteiger partial charge in [0.05, 0.1) is 36.0 Å². The van der Waals surface area contributed by atoms with Crippen LogP contribution in [0.3, 0.4) is 0 Å². The number of hydrogen-bond acceptors (Lipinski definition) is 9. The van der Waals surface area contributed by atoms with Gasteiger partial charge in [-0.25, -0.2) is 0 Å². The van der Waals surface area contributed by atoms with E-state index in [1.165, 1.54) is 0 Å². The van der Waals surface area contributed by atoms with Crippen LogP contribution in [0.15, 0.2) is 0 Å². The van der Waals surface area contributed by atoms with E-state index in [-0.39, 0.29) is 34.8 Å².